The Morgan fingerprint density at radius 2 is 1.68 bits per heavy atom. The zero-order valence-corrected chi connectivity index (χ0v) is 10.6. The summed E-state index contributed by atoms with van der Waals surface area (Å²) >= 11 is 5.65. The Morgan fingerprint density at radius 3 is 2.37 bits per heavy atom. The molecular weight excluding hydrogens is 275 g/mol. The number of halogens is 4. The van der Waals surface area contributed by atoms with E-state index in [-0.39, 0.29) is 17.0 Å². The number of hydrogen-bond donors (Lipinski definition) is 1. The quantitative estimate of drug-likeness (QED) is 0.906. The minimum absolute atomic E-state index is 0.0485. The van der Waals surface area contributed by atoms with Crippen LogP contribution in [-0.2, 0) is 6.42 Å². The Morgan fingerprint density at radius 1 is 1.00 bits per heavy atom. The highest BCUT2D eigenvalue weighted by atomic mass is 35.5. The highest BCUT2D eigenvalue weighted by Gasteiger charge is 2.13. The van der Waals surface area contributed by atoms with Crippen LogP contribution in [0, 0.1) is 17.5 Å². The zero-order valence-electron chi connectivity index (χ0n) is 9.84. The maximum absolute atomic E-state index is 13.5. The van der Waals surface area contributed by atoms with Gasteiger partial charge in [0.1, 0.15) is 17.5 Å². The molecular formula is C14H11ClF3N. The van der Waals surface area contributed by atoms with Gasteiger partial charge in [-0.25, -0.2) is 13.2 Å². The normalized spacial score (nSPS) is 12.5. The summed E-state index contributed by atoms with van der Waals surface area (Å²) in [6.07, 6.45) is 0.103. The van der Waals surface area contributed by atoms with Crippen LogP contribution in [0.2, 0.25) is 5.02 Å². The van der Waals surface area contributed by atoms with E-state index in [0.717, 1.165) is 18.2 Å². The molecule has 1 unspecified atom stereocenters. The monoisotopic (exact) mass is 285 g/mol. The molecule has 0 aliphatic heterocycles. The molecule has 5 heteroatoms. The fourth-order valence-corrected chi connectivity index (χ4v) is 1.99. The van der Waals surface area contributed by atoms with Crippen molar-refractivity contribution in [2.45, 2.75) is 12.5 Å². The lowest BCUT2D eigenvalue weighted by Crippen LogP contribution is -2.14. The van der Waals surface area contributed by atoms with Gasteiger partial charge in [0.25, 0.3) is 0 Å². The van der Waals surface area contributed by atoms with Crippen LogP contribution in [-0.4, -0.2) is 0 Å². The van der Waals surface area contributed by atoms with E-state index in [9.17, 15) is 13.2 Å². The van der Waals surface area contributed by atoms with Gasteiger partial charge < -0.3 is 5.73 Å². The molecule has 0 radical (unpaired) electrons. The third-order valence-corrected chi connectivity index (χ3v) is 3.11. The minimum Gasteiger partial charge on any atom is -0.324 e. The van der Waals surface area contributed by atoms with Crippen LogP contribution in [0.3, 0.4) is 0 Å². The molecule has 2 aromatic carbocycles. The zero-order chi connectivity index (χ0) is 14.0. The highest BCUT2D eigenvalue weighted by molar-refractivity contribution is 6.30. The van der Waals surface area contributed by atoms with Crippen LogP contribution in [0.15, 0.2) is 36.4 Å². The lowest BCUT2D eigenvalue weighted by molar-refractivity contribution is 0.572. The largest absolute Gasteiger partial charge is 0.324 e. The first kappa shape index (κ1) is 13.9. The molecule has 0 fully saturated rings. The Bertz CT molecular complexity index is 601. The smallest absolute Gasteiger partial charge is 0.141 e. The molecule has 2 rings (SSSR count). The van der Waals surface area contributed by atoms with Crippen molar-refractivity contribution in [2.24, 2.45) is 5.73 Å². The topological polar surface area (TPSA) is 26.0 Å². The van der Waals surface area contributed by atoms with Crippen LogP contribution in [0.1, 0.15) is 17.2 Å². The highest BCUT2D eigenvalue weighted by Crippen LogP contribution is 2.23. The van der Waals surface area contributed by atoms with Crippen molar-refractivity contribution in [1.82, 2.24) is 0 Å². The molecule has 0 aliphatic carbocycles. The molecule has 0 heterocycles. The van der Waals surface area contributed by atoms with E-state index in [4.69, 9.17) is 17.3 Å². The molecule has 1 atom stereocenters. The van der Waals surface area contributed by atoms with E-state index in [2.05, 4.69) is 0 Å². The van der Waals surface area contributed by atoms with E-state index in [1.54, 1.807) is 0 Å². The fraction of sp³-hybridized carbons (Fsp3) is 0.143. The van der Waals surface area contributed by atoms with Gasteiger partial charge in [0.2, 0.25) is 0 Å². The second-order valence-corrected chi connectivity index (χ2v) is 4.63. The first-order chi connectivity index (χ1) is 8.97. The van der Waals surface area contributed by atoms with Gasteiger partial charge in [0.15, 0.2) is 0 Å². The number of nitrogens with two attached hydrogens (primary N) is 1. The summed E-state index contributed by atoms with van der Waals surface area (Å²) in [7, 11) is 0. The summed E-state index contributed by atoms with van der Waals surface area (Å²) in [6.45, 7) is 0. The van der Waals surface area contributed by atoms with Crippen molar-refractivity contribution in [3.05, 3.63) is 70.0 Å². The molecule has 0 bridgehead atoms. The first-order valence-corrected chi connectivity index (χ1v) is 5.99. The predicted molar refractivity (Wildman–Crippen MR) is 68.4 cm³/mol. The van der Waals surface area contributed by atoms with Crippen LogP contribution < -0.4 is 5.73 Å². The summed E-state index contributed by atoms with van der Waals surface area (Å²) in [6, 6.07) is 6.66. The molecule has 0 saturated heterocycles. The molecule has 19 heavy (non-hydrogen) atoms. The molecule has 2 N–H and O–H groups in total. The second kappa shape index (κ2) is 5.63. The molecule has 1 nitrogen and oxygen atoms in total. The number of benzene rings is 2. The predicted octanol–water partition coefficient (Wildman–Crippen LogP) is 4.00. The first-order valence-electron chi connectivity index (χ1n) is 5.62. The average Bonchev–Trinajstić information content (AvgIpc) is 2.37. The van der Waals surface area contributed by atoms with Crippen molar-refractivity contribution in [1.29, 1.82) is 0 Å². The third-order valence-electron chi connectivity index (χ3n) is 2.82. The van der Waals surface area contributed by atoms with E-state index in [1.165, 1.54) is 18.2 Å². The maximum atomic E-state index is 13.5. The van der Waals surface area contributed by atoms with Crippen LogP contribution >= 0.6 is 11.6 Å². The molecule has 2 aromatic rings. The van der Waals surface area contributed by atoms with Crippen molar-refractivity contribution in [3.63, 3.8) is 0 Å². The van der Waals surface area contributed by atoms with Crippen LogP contribution in [0.4, 0.5) is 13.2 Å². The standard InChI is InChI=1S/C14H11ClF3N/c15-11-6-8(1-3-13(11)18)14(19)7-9-5-10(16)2-4-12(9)17/h1-6,14H,7,19H2. The Kier molecular flexibility index (Phi) is 4.12. The van der Waals surface area contributed by atoms with Gasteiger partial charge >= 0.3 is 0 Å². The lowest BCUT2D eigenvalue weighted by Gasteiger charge is -2.13. The van der Waals surface area contributed by atoms with E-state index in [0.29, 0.717) is 5.56 Å². The Balaban J connectivity index is 2.22. The van der Waals surface area contributed by atoms with Gasteiger partial charge in [-0.05, 0) is 47.9 Å². The van der Waals surface area contributed by atoms with Crippen molar-refractivity contribution in [2.75, 3.05) is 0 Å². The van der Waals surface area contributed by atoms with Gasteiger partial charge in [-0.3, -0.25) is 0 Å². The SMILES string of the molecule is NC(Cc1cc(F)ccc1F)c1ccc(F)c(Cl)c1. The molecule has 0 spiro atoms. The Labute approximate surface area is 113 Å². The summed E-state index contributed by atoms with van der Waals surface area (Å²) in [5.41, 5.74) is 6.63. The van der Waals surface area contributed by atoms with E-state index < -0.39 is 23.5 Å². The summed E-state index contributed by atoms with van der Waals surface area (Å²) in [5.74, 6) is -1.60. The van der Waals surface area contributed by atoms with Crippen molar-refractivity contribution < 1.29 is 13.2 Å². The van der Waals surface area contributed by atoms with Gasteiger partial charge in [-0.1, -0.05) is 17.7 Å². The summed E-state index contributed by atoms with van der Waals surface area (Å²) in [4.78, 5) is 0. The number of rotatable bonds is 3. The van der Waals surface area contributed by atoms with Crippen LogP contribution in [0.5, 0.6) is 0 Å². The van der Waals surface area contributed by atoms with Gasteiger partial charge in [0, 0.05) is 6.04 Å². The van der Waals surface area contributed by atoms with E-state index >= 15 is 0 Å². The van der Waals surface area contributed by atoms with Gasteiger partial charge in [0.05, 0.1) is 5.02 Å². The second-order valence-electron chi connectivity index (χ2n) is 4.22. The van der Waals surface area contributed by atoms with Crippen LogP contribution in [0.25, 0.3) is 0 Å². The maximum Gasteiger partial charge on any atom is 0.141 e. The molecule has 0 aliphatic rings. The number of hydrogen-bond acceptors (Lipinski definition) is 1. The molecule has 0 saturated carbocycles. The molecule has 0 amide bonds. The summed E-state index contributed by atoms with van der Waals surface area (Å²) < 4.78 is 39.5. The Hall–Kier alpha value is -1.52. The van der Waals surface area contributed by atoms with Crippen molar-refractivity contribution >= 4 is 11.6 Å². The lowest BCUT2D eigenvalue weighted by atomic mass is 9.99. The third kappa shape index (κ3) is 3.28. The molecule has 100 valence electrons. The average molecular weight is 286 g/mol. The molecule has 0 aromatic heterocycles. The van der Waals surface area contributed by atoms with Gasteiger partial charge in [-0.15, -0.1) is 0 Å². The minimum atomic E-state index is -0.589. The summed E-state index contributed by atoms with van der Waals surface area (Å²) in [5, 5.41) is -0.0485. The van der Waals surface area contributed by atoms with Crippen molar-refractivity contribution in [3.8, 4) is 0 Å². The fourth-order valence-electron chi connectivity index (χ4n) is 1.80. The van der Waals surface area contributed by atoms with Gasteiger partial charge in [-0.2, -0.15) is 0 Å². The van der Waals surface area contributed by atoms with E-state index in [1.807, 2.05) is 0 Å².